The van der Waals surface area contributed by atoms with Gasteiger partial charge >= 0.3 is 6.03 Å². The molecule has 3 amide bonds. The van der Waals surface area contributed by atoms with Gasteiger partial charge in [0, 0.05) is 25.9 Å². The van der Waals surface area contributed by atoms with Gasteiger partial charge in [-0.3, -0.25) is 4.79 Å². The molecule has 0 saturated carbocycles. The summed E-state index contributed by atoms with van der Waals surface area (Å²) in [6.45, 7) is 1.01. The van der Waals surface area contributed by atoms with Gasteiger partial charge in [0.15, 0.2) is 0 Å². The molecule has 0 radical (unpaired) electrons. The highest BCUT2D eigenvalue weighted by Crippen LogP contribution is 2.42. The maximum absolute atomic E-state index is 12.1. The number of benzene rings is 1. The average Bonchev–Trinajstić information content (AvgIpc) is 2.60. The van der Waals surface area contributed by atoms with Crippen molar-refractivity contribution in [3.63, 3.8) is 0 Å². The molecule has 3 rings (SSSR count). The number of nitrogens with one attached hydrogen (secondary N) is 1. The maximum Gasteiger partial charge on any atom is 0.312 e. The topological polar surface area (TPSA) is 105 Å². The summed E-state index contributed by atoms with van der Waals surface area (Å²) < 4.78 is 6.41. The number of carbonyl (C=O) groups excluding carboxylic acids is 2. The number of hydrogen-bond acceptors (Lipinski definition) is 4. The molecular weight excluding hydrogens is 322 g/mol. The minimum Gasteiger partial charge on any atom is -0.393 e. The number of hydrogen-bond donors (Lipinski definition) is 3. The summed E-state index contributed by atoms with van der Waals surface area (Å²) >= 11 is 0. The van der Waals surface area contributed by atoms with E-state index in [-0.39, 0.29) is 18.6 Å². The Hall–Kier alpha value is -2.12. The Morgan fingerprint density at radius 1 is 1.28 bits per heavy atom. The number of nitrogens with two attached hydrogens (primary N) is 1. The molecule has 2 heterocycles. The van der Waals surface area contributed by atoms with Crippen LogP contribution < -0.4 is 11.1 Å². The zero-order valence-electron chi connectivity index (χ0n) is 14.2. The van der Waals surface area contributed by atoms with Crippen molar-refractivity contribution < 1.29 is 19.4 Å². The van der Waals surface area contributed by atoms with E-state index in [1.807, 2.05) is 30.3 Å². The number of aliphatic hydroxyl groups is 1. The lowest BCUT2D eigenvalue weighted by Crippen LogP contribution is -2.53. The number of nitrogens with zero attached hydrogens (tertiary/aromatic N) is 1. The van der Waals surface area contributed by atoms with Crippen LogP contribution in [0.4, 0.5) is 4.79 Å². The summed E-state index contributed by atoms with van der Waals surface area (Å²) in [7, 11) is 0. The van der Waals surface area contributed by atoms with Crippen LogP contribution in [0.25, 0.3) is 0 Å². The van der Waals surface area contributed by atoms with E-state index in [4.69, 9.17) is 10.5 Å². The van der Waals surface area contributed by atoms with Crippen molar-refractivity contribution in [3.05, 3.63) is 35.9 Å². The summed E-state index contributed by atoms with van der Waals surface area (Å²) in [5.74, 6) is -0.149. The smallest absolute Gasteiger partial charge is 0.312 e. The molecule has 1 aromatic rings. The van der Waals surface area contributed by atoms with Crippen LogP contribution in [0.15, 0.2) is 30.3 Å². The van der Waals surface area contributed by atoms with E-state index in [9.17, 15) is 14.7 Å². The molecule has 7 nitrogen and oxygen atoms in total. The third-order valence-corrected chi connectivity index (χ3v) is 5.10. The highest BCUT2D eigenvalue weighted by Gasteiger charge is 2.44. The van der Waals surface area contributed by atoms with Gasteiger partial charge in [-0.25, -0.2) is 4.79 Å². The van der Waals surface area contributed by atoms with Crippen molar-refractivity contribution in [2.24, 2.45) is 5.73 Å². The zero-order chi connectivity index (χ0) is 17.9. The number of piperidine rings is 1. The number of aliphatic hydroxyl groups excluding tert-OH is 1. The number of rotatable bonds is 3. The van der Waals surface area contributed by atoms with Gasteiger partial charge in [-0.05, 0) is 18.4 Å². The number of likely N-dealkylation sites (tertiary alicyclic amines) is 1. The van der Waals surface area contributed by atoms with E-state index in [2.05, 4.69) is 5.32 Å². The molecule has 1 aromatic carbocycles. The van der Waals surface area contributed by atoms with Crippen molar-refractivity contribution in [2.45, 2.75) is 43.5 Å². The van der Waals surface area contributed by atoms with Crippen molar-refractivity contribution in [2.75, 3.05) is 19.6 Å². The molecule has 2 saturated heterocycles. The van der Waals surface area contributed by atoms with E-state index in [0.717, 1.165) is 5.56 Å². The van der Waals surface area contributed by atoms with Crippen molar-refractivity contribution in [3.8, 4) is 0 Å². The Bertz CT molecular complexity index is 614. The van der Waals surface area contributed by atoms with Gasteiger partial charge in [-0.2, -0.15) is 0 Å². The Labute approximate surface area is 147 Å². The summed E-state index contributed by atoms with van der Waals surface area (Å²) in [6.07, 6.45) is 2.02. The first-order chi connectivity index (χ1) is 12.0. The van der Waals surface area contributed by atoms with E-state index < -0.39 is 17.7 Å². The first-order valence-corrected chi connectivity index (χ1v) is 8.69. The lowest BCUT2D eigenvalue weighted by atomic mass is 9.81. The largest absolute Gasteiger partial charge is 0.393 e. The molecule has 0 aromatic heterocycles. The molecule has 0 bridgehead atoms. The normalized spacial score (nSPS) is 25.6. The van der Waals surface area contributed by atoms with Crippen LogP contribution in [-0.2, 0) is 9.53 Å². The standard InChI is InChI=1S/C18H25N3O4/c19-17(24)20-12-16(23)21-8-6-18(7-9-21)11-14(22)10-15(25-18)13-4-2-1-3-5-13/h1-5,14-15,22H,6-12H2,(H3,19,20,24)/t14-,15-/m1/s1. The van der Waals surface area contributed by atoms with Gasteiger partial charge < -0.3 is 25.8 Å². The highest BCUT2D eigenvalue weighted by atomic mass is 16.5. The predicted molar refractivity (Wildman–Crippen MR) is 91.6 cm³/mol. The van der Waals surface area contributed by atoms with Gasteiger partial charge in [0.1, 0.15) is 0 Å². The summed E-state index contributed by atoms with van der Waals surface area (Å²) in [5, 5.41) is 12.7. The molecule has 0 unspecified atom stereocenters. The number of amides is 3. The van der Waals surface area contributed by atoms with Gasteiger partial charge in [0.25, 0.3) is 0 Å². The molecule has 25 heavy (non-hydrogen) atoms. The number of carbonyl (C=O) groups is 2. The van der Waals surface area contributed by atoms with Crippen molar-refractivity contribution in [1.82, 2.24) is 10.2 Å². The fraction of sp³-hybridized carbons (Fsp3) is 0.556. The zero-order valence-corrected chi connectivity index (χ0v) is 14.2. The van der Waals surface area contributed by atoms with Crippen LogP contribution in [0.1, 0.15) is 37.4 Å². The molecule has 0 aliphatic carbocycles. The Morgan fingerprint density at radius 3 is 2.60 bits per heavy atom. The van der Waals surface area contributed by atoms with E-state index >= 15 is 0 Å². The minimum absolute atomic E-state index is 0.0849. The van der Waals surface area contributed by atoms with E-state index in [0.29, 0.717) is 38.8 Å². The van der Waals surface area contributed by atoms with Crippen LogP contribution in [0.3, 0.4) is 0 Å². The second kappa shape index (κ2) is 7.41. The Balaban J connectivity index is 1.61. The maximum atomic E-state index is 12.1. The molecule has 2 fully saturated rings. The van der Waals surface area contributed by atoms with Crippen LogP contribution in [0.2, 0.25) is 0 Å². The van der Waals surface area contributed by atoms with Crippen molar-refractivity contribution in [1.29, 1.82) is 0 Å². The first-order valence-electron chi connectivity index (χ1n) is 8.69. The van der Waals surface area contributed by atoms with Crippen LogP contribution in [0.5, 0.6) is 0 Å². The number of ether oxygens (including phenoxy) is 1. The van der Waals surface area contributed by atoms with Crippen LogP contribution >= 0.6 is 0 Å². The highest BCUT2D eigenvalue weighted by molar-refractivity contribution is 5.83. The number of urea groups is 1. The van der Waals surface area contributed by atoms with Gasteiger partial charge in [-0.15, -0.1) is 0 Å². The quantitative estimate of drug-likeness (QED) is 0.756. The molecule has 2 aliphatic rings. The molecular formula is C18H25N3O4. The lowest BCUT2D eigenvalue weighted by Gasteiger charge is -2.48. The SMILES string of the molecule is NC(=O)NCC(=O)N1CCC2(CC1)C[C@H](O)C[C@H](c1ccccc1)O2. The molecule has 4 N–H and O–H groups in total. The molecule has 2 atom stereocenters. The second-order valence-electron chi connectivity index (χ2n) is 6.89. The third-order valence-electron chi connectivity index (χ3n) is 5.10. The van der Waals surface area contributed by atoms with Crippen LogP contribution in [0, 0.1) is 0 Å². The second-order valence-corrected chi connectivity index (χ2v) is 6.89. The number of primary amides is 1. The fourth-order valence-electron chi connectivity index (χ4n) is 3.79. The predicted octanol–water partition coefficient (Wildman–Crippen LogP) is 0.929. The molecule has 136 valence electrons. The molecule has 7 heteroatoms. The summed E-state index contributed by atoms with van der Waals surface area (Å²) in [4.78, 5) is 24.5. The fourth-order valence-corrected chi connectivity index (χ4v) is 3.79. The average molecular weight is 347 g/mol. The first kappa shape index (κ1) is 17.7. The van der Waals surface area contributed by atoms with E-state index in [1.165, 1.54) is 0 Å². The molecule has 2 aliphatic heterocycles. The summed E-state index contributed by atoms with van der Waals surface area (Å²) in [6, 6.07) is 9.24. The monoisotopic (exact) mass is 347 g/mol. The Kier molecular flexibility index (Phi) is 5.24. The summed E-state index contributed by atoms with van der Waals surface area (Å²) in [5.41, 5.74) is 5.68. The van der Waals surface area contributed by atoms with Crippen LogP contribution in [-0.4, -0.2) is 53.3 Å². The Morgan fingerprint density at radius 2 is 1.96 bits per heavy atom. The van der Waals surface area contributed by atoms with Crippen molar-refractivity contribution >= 4 is 11.9 Å². The lowest BCUT2D eigenvalue weighted by molar-refractivity contribution is -0.185. The minimum atomic E-state index is -0.703. The molecule has 1 spiro atoms. The van der Waals surface area contributed by atoms with E-state index in [1.54, 1.807) is 4.90 Å². The third kappa shape index (κ3) is 4.29. The van der Waals surface area contributed by atoms with Gasteiger partial charge in [0.2, 0.25) is 5.91 Å². The van der Waals surface area contributed by atoms with Gasteiger partial charge in [0.05, 0.1) is 24.4 Å². The van der Waals surface area contributed by atoms with Gasteiger partial charge in [-0.1, -0.05) is 30.3 Å².